The van der Waals surface area contributed by atoms with E-state index in [9.17, 15) is 9.59 Å². The van der Waals surface area contributed by atoms with Crippen molar-refractivity contribution in [3.8, 4) is 0 Å². The van der Waals surface area contributed by atoms with Crippen LogP contribution in [0.5, 0.6) is 0 Å². The molecule has 1 aromatic rings. The van der Waals surface area contributed by atoms with E-state index in [1.807, 2.05) is 0 Å². The van der Waals surface area contributed by atoms with Gasteiger partial charge in [-0.15, -0.1) is 0 Å². The summed E-state index contributed by atoms with van der Waals surface area (Å²) in [5.74, 6) is -2.13. The van der Waals surface area contributed by atoms with Gasteiger partial charge in [0.1, 0.15) is 0 Å². The number of carboxylic acids is 2. The molecular formula is C8H7CsO4. The van der Waals surface area contributed by atoms with Crippen molar-refractivity contribution in [1.82, 2.24) is 0 Å². The van der Waals surface area contributed by atoms with E-state index in [2.05, 4.69) is 0 Å². The van der Waals surface area contributed by atoms with Crippen molar-refractivity contribution in [1.29, 1.82) is 0 Å². The zero-order valence-corrected chi connectivity index (χ0v) is 6.02. The molecular weight excluding hydrogens is 293 g/mol. The Bertz CT molecular complexity index is 284. The van der Waals surface area contributed by atoms with E-state index in [1.54, 1.807) is 0 Å². The van der Waals surface area contributed by atoms with Gasteiger partial charge in [-0.25, -0.2) is 9.59 Å². The summed E-state index contributed by atoms with van der Waals surface area (Å²) < 4.78 is 0. The fraction of sp³-hybridized carbons (Fsp3) is 0. The third-order valence-corrected chi connectivity index (χ3v) is 1.38. The monoisotopic (exact) mass is 300 g/mol. The van der Waals surface area contributed by atoms with Crippen molar-refractivity contribution in [2.24, 2.45) is 0 Å². The van der Waals surface area contributed by atoms with Gasteiger partial charge in [-0.05, 0) is 24.3 Å². The summed E-state index contributed by atoms with van der Waals surface area (Å²) >= 11 is 0. The third kappa shape index (κ3) is 3.84. The van der Waals surface area contributed by atoms with Crippen LogP contribution in [0.1, 0.15) is 20.7 Å². The minimum atomic E-state index is -1.06. The van der Waals surface area contributed by atoms with Gasteiger partial charge in [0.05, 0.1) is 11.1 Å². The Balaban J connectivity index is 0.00000144. The molecule has 0 atom stereocenters. The number of carboxylic acid groups (broad SMARTS) is 2. The molecule has 0 saturated carbocycles. The summed E-state index contributed by atoms with van der Waals surface area (Å²) in [4.78, 5) is 20.7. The molecule has 4 nitrogen and oxygen atoms in total. The molecule has 0 unspecified atom stereocenters. The summed E-state index contributed by atoms with van der Waals surface area (Å²) in [7, 11) is 0. The fourth-order valence-corrected chi connectivity index (χ4v) is 0.755. The Morgan fingerprint density at radius 1 is 0.846 bits per heavy atom. The quantitative estimate of drug-likeness (QED) is 0.831. The third-order valence-electron chi connectivity index (χ3n) is 1.38. The summed E-state index contributed by atoms with van der Waals surface area (Å²) in [5, 5.41) is 16.9. The van der Waals surface area contributed by atoms with Gasteiger partial charge in [-0.2, -0.15) is 0 Å². The SMILES string of the molecule is O=C(O)c1ccc(C(=O)O)cc1.[CsH]. The zero-order valence-electron chi connectivity index (χ0n) is 6.02. The van der Waals surface area contributed by atoms with Crippen molar-refractivity contribution in [2.45, 2.75) is 0 Å². The molecule has 0 aliphatic carbocycles. The molecule has 64 valence electrons. The first-order chi connectivity index (χ1) is 5.61. The van der Waals surface area contributed by atoms with E-state index in [1.165, 1.54) is 24.3 Å². The summed E-state index contributed by atoms with van der Waals surface area (Å²) in [5.41, 5.74) is 0.167. The van der Waals surface area contributed by atoms with E-state index in [0.717, 1.165) is 0 Å². The molecule has 0 amide bonds. The first-order valence-electron chi connectivity index (χ1n) is 3.18. The Morgan fingerprint density at radius 3 is 1.23 bits per heavy atom. The minimum absolute atomic E-state index is 0. The summed E-state index contributed by atoms with van der Waals surface area (Å²) in [6.07, 6.45) is 0. The molecule has 0 heterocycles. The van der Waals surface area contributed by atoms with E-state index in [0.29, 0.717) is 0 Å². The Morgan fingerprint density at radius 2 is 1.08 bits per heavy atom. The van der Waals surface area contributed by atoms with Crippen LogP contribution < -0.4 is 0 Å². The second-order valence-electron chi connectivity index (χ2n) is 2.19. The maximum absolute atomic E-state index is 10.3. The average molecular weight is 300 g/mol. The van der Waals surface area contributed by atoms with Gasteiger partial charge >= 0.3 is 80.8 Å². The Labute approximate surface area is 133 Å². The van der Waals surface area contributed by atoms with Gasteiger partial charge in [0.2, 0.25) is 0 Å². The first-order valence-corrected chi connectivity index (χ1v) is 3.18. The fourth-order valence-electron chi connectivity index (χ4n) is 0.755. The molecule has 13 heavy (non-hydrogen) atoms. The molecule has 0 aliphatic rings. The van der Waals surface area contributed by atoms with Gasteiger partial charge in [0.15, 0.2) is 0 Å². The van der Waals surface area contributed by atoms with Crippen molar-refractivity contribution >= 4 is 80.8 Å². The topological polar surface area (TPSA) is 74.6 Å². The Hall–Kier alpha value is 0.212. The molecule has 2 N–H and O–H groups in total. The molecule has 0 fully saturated rings. The van der Waals surface area contributed by atoms with Crippen molar-refractivity contribution in [3.63, 3.8) is 0 Å². The average Bonchev–Trinajstić information content (AvgIpc) is 2.04. The summed E-state index contributed by atoms with van der Waals surface area (Å²) in [6, 6.07) is 5.02. The molecule has 0 saturated heterocycles. The molecule has 0 aromatic heterocycles. The van der Waals surface area contributed by atoms with Crippen molar-refractivity contribution < 1.29 is 19.8 Å². The van der Waals surface area contributed by atoms with Crippen LogP contribution in [0, 0.1) is 0 Å². The van der Waals surface area contributed by atoms with Gasteiger partial charge in [-0.3, -0.25) is 0 Å². The van der Waals surface area contributed by atoms with E-state index in [-0.39, 0.29) is 80.0 Å². The number of rotatable bonds is 2. The second kappa shape index (κ2) is 5.84. The van der Waals surface area contributed by atoms with Gasteiger partial charge in [0, 0.05) is 0 Å². The molecule has 5 heteroatoms. The van der Waals surface area contributed by atoms with Gasteiger partial charge in [-0.1, -0.05) is 0 Å². The normalized spacial score (nSPS) is 8.62. The van der Waals surface area contributed by atoms with Crippen LogP contribution >= 0.6 is 0 Å². The predicted octanol–water partition coefficient (Wildman–Crippen LogP) is 0.434. The van der Waals surface area contributed by atoms with Crippen LogP contribution in [-0.2, 0) is 0 Å². The van der Waals surface area contributed by atoms with Gasteiger partial charge < -0.3 is 10.2 Å². The van der Waals surface area contributed by atoms with Gasteiger partial charge in [0.25, 0.3) is 0 Å². The molecule has 1 aromatic carbocycles. The van der Waals surface area contributed by atoms with Crippen LogP contribution in [0.25, 0.3) is 0 Å². The zero-order chi connectivity index (χ0) is 9.14. The predicted molar refractivity (Wildman–Crippen MR) is 47.5 cm³/mol. The van der Waals surface area contributed by atoms with Crippen molar-refractivity contribution in [2.75, 3.05) is 0 Å². The van der Waals surface area contributed by atoms with E-state index < -0.39 is 11.9 Å². The molecule has 0 spiro atoms. The van der Waals surface area contributed by atoms with Crippen LogP contribution in [0.2, 0.25) is 0 Å². The Kier molecular flexibility index (Phi) is 5.94. The number of carbonyl (C=O) groups is 2. The molecule has 0 bridgehead atoms. The number of benzene rings is 1. The number of hydrogen-bond donors (Lipinski definition) is 2. The van der Waals surface area contributed by atoms with Crippen LogP contribution in [0.4, 0.5) is 0 Å². The van der Waals surface area contributed by atoms with E-state index >= 15 is 0 Å². The van der Waals surface area contributed by atoms with Crippen molar-refractivity contribution in [3.05, 3.63) is 35.4 Å². The standard InChI is InChI=1S/C8H6O4.Cs.H/c9-7(10)5-1-2-6(4-3-5)8(11)12;;/h1-4H,(H,9,10)(H,11,12);;. The number of aromatic carboxylic acids is 2. The first kappa shape index (κ1) is 13.2. The summed E-state index contributed by atoms with van der Waals surface area (Å²) in [6.45, 7) is 0. The van der Waals surface area contributed by atoms with Crippen LogP contribution in [0.3, 0.4) is 0 Å². The number of hydrogen-bond acceptors (Lipinski definition) is 2. The second-order valence-corrected chi connectivity index (χ2v) is 2.19. The molecule has 0 radical (unpaired) electrons. The van der Waals surface area contributed by atoms with Crippen LogP contribution in [-0.4, -0.2) is 91.0 Å². The maximum atomic E-state index is 10.3. The van der Waals surface area contributed by atoms with E-state index in [4.69, 9.17) is 10.2 Å². The van der Waals surface area contributed by atoms with Crippen LogP contribution in [0.15, 0.2) is 24.3 Å². The molecule has 0 aliphatic heterocycles. The molecule has 1 rings (SSSR count).